The summed E-state index contributed by atoms with van der Waals surface area (Å²) in [5.74, 6) is 2.70. The Morgan fingerprint density at radius 2 is 2.08 bits per heavy atom. The second kappa shape index (κ2) is 9.74. The molecule has 1 aromatic rings. The van der Waals surface area contributed by atoms with Gasteiger partial charge >= 0.3 is 0 Å². The molecule has 0 radical (unpaired) electrons. The first kappa shape index (κ1) is 18.9. The number of piperidine rings is 1. The molecule has 1 saturated carbocycles. The molecule has 2 aliphatic rings. The van der Waals surface area contributed by atoms with Gasteiger partial charge in [-0.05, 0) is 44.4 Å². The van der Waals surface area contributed by atoms with E-state index in [1.54, 1.807) is 6.33 Å². The van der Waals surface area contributed by atoms with Crippen molar-refractivity contribution in [1.82, 2.24) is 15.3 Å². The Hall–Kier alpha value is -1.85. The number of carbonyl (C=O) groups is 1. The number of nitrogens with zero attached hydrogens (tertiary/aromatic N) is 3. The maximum Gasteiger partial charge on any atom is 0.220 e. The van der Waals surface area contributed by atoms with E-state index in [4.69, 9.17) is 0 Å². The third-order valence-electron chi connectivity index (χ3n) is 5.55. The molecule has 0 aromatic carbocycles. The van der Waals surface area contributed by atoms with Crippen LogP contribution in [0.4, 0.5) is 11.6 Å². The van der Waals surface area contributed by atoms with Gasteiger partial charge in [-0.15, -0.1) is 0 Å². The molecule has 1 aliphatic carbocycles. The number of rotatable bonds is 8. The standard InChI is InChI=1S/C20H33N5O/c1-2-11-21-18-13-19(23-15-22-18)25-12-5-6-16(14-25)9-10-20(26)24-17-7-3-4-8-17/h13,15-17H,2-12,14H2,1H3,(H,24,26)(H,21,22,23)/t16-/m1/s1. The summed E-state index contributed by atoms with van der Waals surface area (Å²) in [7, 11) is 0. The predicted octanol–water partition coefficient (Wildman–Crippen LogP) is 3.35. The molecule has 144 valence electrons. The lowest BCUT2D eigenvalue weighted by Gasteiger charge is -2.33. The number of amides is 1. The van der Waals surface area contributed by atoms with E-state index >= 15 is 0 Å². The highest BCUT2D eigenvalue weighted by Gasteiger charge is 2.23. The van der Waals surface area contributed by atoms with Gasteiger partial charge in [0.05, 0.1) is 0 Å². The molecule has 1 saturated heterocycles. The zero-order chi connectivity index (χ0) is 18.2. The Labute approximate surface area is 157 Å². The molecule has 1 aliphatic heterocycles. The van der Waals surface area contributed by atoms with Crippen LogP contribution in [0.1, 0.15) is 64.7 Å². The molecular weight excluding hydrogens is 326 g/mol. The van der Waals surface area contributed by atoms with Crippen molar-refractivity contribution in [3.63, 3.8) is 0 Å². The smallest absolute Gasteiger partial charge is 0.220 e. The fourth-order valence-electron chi connectivity index (χ4n) is 4.08. The van der Waals surface area contributed by atoms with E-state index in [9.17, 15) is 4.79 Å². The molecule has 0 spiro atoms. The molecule has 1 amide bonds. The lowest BCUT2D eigenvalue weighted by molar-refractivity contribution is -0.122. The van der Waals surface area contributed by atoms with Gasteiger partial charge < -0.3 is 15.5 Å². The minimum Gasteiger partial charge on any atom is -0.370 e. The van der Waals surface area contributed by atoms with Gasteiger partial charge in [-0.1, -0.05) is 19.8 Å². The Kier molecular flexibility index (Phi) is 7.09. The number of hydrogen-bond donors (Lipinski definition) is 2. The van der Waals surface area contributed by atoms with Crippen molar-refractivity contribution >= 4 is 17.5 Å². The van der Waals surface area contributed by atoms with Gasteiger partial charge in [-0.3, -0.25) is 4.79 Å². The van der Waals surface area contributed by atoms with Gasteiger partial charge in [0.2, 0.25) is 5.91 Å². The van der Waals surface area contributed by atoms with Crippen LogP contribution in [0.15, 0.2) is 12.4 Å². The largest absolute Gasteiger partial charge is 0.370 e. The molecule has 3 rings (SSSR count). The van der Waals surface area contributed by atoms with Gasteiger partial charge in [0.15, 0.2) is 0 Å². The van der Waals surface area contributed by atoms with Crippen molar-refractivity contribution in [2.24, 2.45) is 5.92 Å². The van der Waals surface area contributed by atoms with Crippen LogP contribution in [0.2, 0.25) is 0 Å². The maximum absolute atomic E-state index is 12.2. The summed E-state index contributed by atoms with van der Waals surface area (Å²) in [6.45, 7) is 5.10. The van der Waals surface area contributed by atoms with Crippen molar-refractivity contribution in [1.29, 1.82) is 0 Å². The fraction of sp³-hybridized carbons (Fsp3) is 0.750. The summed E-state index contributed by atoms with van der Waals surface area (Å²) in [6.07, 6.45) is 11.6. The highest BCUT2D eigenvalue weighted by atomic mass is 16.1. The highest BCUT2D eigenvalue weighted by molar-refractivity contribution is 5.76. The lowest BCUT2D eigenvalue weighted by atomic mass is 9.93. The first-order chi connectivity index (χ1) is 12.7. The fourth-order valence-corrected chi connectivity index (χ4v) is 4.08. The van der Waals surface area contributed by atoms with Crippen LogP contribution in [-0.2, 0) is 4.79 Å². The normalized spacial score (nSPS) is 21.0. The van der Waals surface area contributed by atoms with Crippen molar-refractivity contribution < 1.29 is 4.79 Å². The van der Waals surface area contributed by atoms with E-state index < -0.39 is 0 Å². The minimum atomic E-state index is 0.238. The van der Waals surface area contributed by atoms with Gasteiger partial charge in [0.25, 0.3) is 0 Å². The summed E-state index contributed by atoms with van der Waals surface area (Å²) in [6, 6.07) is 2.48. The quantitative estimate of drug-likeness (QED) is 0.745. The molecule has 0 unspecified atom stereocenters. The van der Waals surface area contributed by atoms with Crippen LogP contribution in [0, 0.1) is 5.92 Å². The number of aromatic nitrogens is 2. The Morgan fingerprint density at radius 3 is 2.88 bits per heavy atom. The van der Waals surface area contributed by atoms with Gasteiger partial charge in [0.1, 0.15) is 18.0 Å². The summed E-state index contributed by atoms with van der Waals surface area (Å²) in [5.41, 5.74) is 0. The summed E-state index contributed by atoms with van der Waals surface area (Å²) in [5, 5.41) is 6.54. The maximum atomic E-state index is 12.2. The monoisotopic (exact) mass is 359 g/mol. The van der Waals surface area contributed by atoms with Crippen LogP contribution in [0.3, 0.4) is 0 Å². The van der Waals surface area contributed by atoms with Crippen LogP contribution in [0.5, 0.6) is 0 Å². The highest BCUT2D eigenvalue weighted by Crippen LogP contribution is 2.25. The predicted molar refractivity (Wildman–Crippen MR) is 105 cm³/mol. The van der Waals surface area contributed by atoms with Gasteiger partial charge in [-0.25, -0.2) is 9.97 Å². The minimum absolute atomic E-state index is 0.238. The van der Waals surface area contributed by atoms with Gasteiger partial charge in [-0.2, -0.15) is 0 Å². The number of carbonyl (C=O) groups excluding carboxylic acids is 1. The third kappa shape index (κ3) is 5.58. The van der Waals surface area contributed by atoms with Crippen molar-refractivity contribution in [3.8, 4) is 0 Å². The van der Waals surface area contributed by atoms with E-state index in [-0.39, 0.29) is 5.91 Å². The molecule has 1 atom stereocenters. The first-order valence-corrected chi connectivity index (χ1v) is 10.3. The Morgan fingerprint density at radius 1 is 1.23 bits per heavy atom. The molecular formula is C20H33N5O. The summed E-state index contributed by atoms with van der Waals surface area (Å²) >= 11 is 0. The number of anilines is 2. The third-order valence-corrected chi connectivity index (χ3v) is 5.55. The molecule has 1 aromatic heterocycles. The summed E-state index contributed by atoms with van der Waals surface area (Å²) < 4.78 is 0. The lowest BCUT2D eigenvalue weighted by Crippen LogP contribution is -2.37. The van der Waals surface area contributed by atoms with E-state index in [2.05, 4.69) is 32.4 Å². The molecule has 0 bridgehead atoms. The summed E-state index contributed by atoms with van der Waals surface area (Å²) in [4.78, 5) is 23.3. The first-order valence-electron chi connectivity index (χ1n) is 10.3. The van der Waals surface area contributed by atoms with Crippen LogP contribution in [0.25, 0.3) is 0 Å². The SMILES string of the molecule is CCCNc1cc(N2CCC[C@H](CCC(=O)NC3CCCC3)C2)ncn1. The average molecular weight is 360 g/mol. The van der Waals surface area contributed by atoms with E-state index in [1.165, 1.54) is 19.3 Å². The molecule has 6 nitrogen and oxygen atoms in total. The van der Waals surface area contributed by atoms with E-state index in [0.29, 0.717) is 18.4 Å². The molecule has 2 N–H and O–H groups in total. The average Bonchev–Trinajstić information content (AvgIpc) is 3.18. The number of nitrogens with one attached hydrogen (secondary N) is 2. The Balaban J connectivity index is 1.47. The molecule has 6 heteroatoms. The van der Waals surface area contributed by atoms with Crippen LogP contribution in [-0.4, -0.2) is 41.6 Å². The topological polar surface area (TPSA) is 70.2 Å². The van der Waals surface area contributed by atoms with E-state index in [0.717, 1.165) is 63.4 Å². The van der Waals surface area contributed by atoms with Gasteiger partial charge in [0, 0.05) is 38.2 Å². The van der Waals surface area contributed by atoms with Crippen LogP contribution < -0.4 is 15.5 Å². The van der Waals surface area contributed by atoms with Crippen molar-refractivity contribution in [3.05, 3.63) is 12.4 Å². The molecule has 2 heterocycles. The zero-order valence-corrected chi connectivity index (χ0v) is 16.0. The second-order valence-electron chi connectivity index (χ2n) is 7.73. The Bertz CT molecular complexity index is 573. The second-order valence-corrected chi connectivity index (χ2v) is 7.73. The van der Waals surface area contributed by atoms with Crippen molar-refractivity contribution in [2.45, 2.75) is 70.8 Å². The van der Waals surface area contributed by atoms with Crippen LogP contribution >= 0.6 is 0 Å². The molecule has 26 heavy (non-hydrogen) atoms. The van der Waals surface area contributed by atoms with Crippen molar-refractivity contribution in [2.75, 3.05) is 29.9 Å². The number of hydrogen-bond acceptors (Lipinski definition) is 5. The molecule has 2 fully saturated rings. The zero-order valence-electron chi connectivity index (χ0n) is 16.0. The van der Waals surface area contributed by atoms with E-state index in [1.807, 2.05) is 6.07 Å².